The molecule has 0 bridgehead atoms. The van der Waals surface area contributed by atoms with Gasteiger partial charge >= 0.3 is 0 Å². The molecule has 2 aliphatic rings. The van der Waals surface area contributed by atoms with Crippen LogP contribution < -0.4 is 5.32 Å². The number of morpholine rings is 1. The van der Waals surface area contributed by atoms with Crippen LogP contribution in [0.2, 0.25) is 0 Å². The summed E-state index contributed by atoms with van der Waals surface area (Å²) in [5.74, 6) is 1.31. The number of amidine groups is 1. The zero-order chi connectivity index (χ0) is 21.7. The lowest BCUT2D eigenvalue weighted by atomic mass is 10.1. The van der Waals surface area contributed by atoms with Gasteiger partial charge in [0.25, 0.3) is 5.91 Å². The molecule has 0 saturated carbocycles. The van der Waals surface area contributed by atoms with Gasteiger partial charge in [-0.3, -0.25) is 4.79 Å². The van der Waals surface area contributed by atoms with Crippen LogP contribution in [0.5, 0.6) is 0 Å². The van der Waals surface area contributed by atoms with Crippen molar-refractivity contribution >= 4 is 11.7 Å². The molecule has 1 aromatic carbocycles. The lowest BCUT2D eigenvalue weighted by Crippen LogP contribution is -2.35. The van der Waals surface area contributed by atoms with E-state index in [2.05, 4.69) is 22.0 Å². The third-order valence-electron chi connectivity index (χ3n) is 5.41. The fraction of sp³-hybridized carbons (Fsp3) is 0.478. The van der Waals surface area contributed by atoms with Gasteiger partial charge in [0.2, 0.25) is 0 Å². The highest BCUT2D eigenvalue weighted by molar-refractivity contribution is 6.08. The van der Waals surface area contributed by atoms with Crippen molar-refractivity contribution in [2.75, 3.05) is 47.5 Å². The minimum absolute atomic E-state index is 0.148. The average Bonchev–Trinajstić information content (AvgIpc) is 3.17. The first kappa shape index (κ1) is 22.1. The minimum atomic E-state index is -0.148. The van der Waals surface area contributed by atoms with Gasteiger partial charge in [-0.15, -0.1) is 0 Å². The number of benzene rings is 1. The topological polar surface area (TPSA) is 66.4 Å². The molecule has 3 rings (SSSR count). The summed E-state index contributed by atoms with van der Waals surface area (Å²) in [6.45, 7) is 7.95. The van der Waals surface area contributed by atoms with Crippen LogP contribution in [0.1, 0.15) is 36.2 Å². The number of nitrogens with zero attached hydrogens (tertiary/aromatic N) is 3. The molecule has 1 amide bonds. The van der Waals surface area contributed by atoms with Gasteiger partial charge in [0, 0.05) is 42.9 Å². The van der Waals surface area contributed by atoms with E-state index in [1.54, 1.807) is 7.11 Å². The maximum Gasteiger partial charge on any atom is 0.256 e. The minimum Gasteiger partial charge on any atom is -0.501 e. The molecule has 2 heterocycles. The lowest BCUT2D eigenvalue weighted by molar-refractivity contribution is 0.0533. The molecule has 0 spiro atoms. The predicted octanol–water partition coefficient (Wildman–Crippen LogP) is 2.76. The Kier molecular flexibility index (Phi) is 7.29. The van der Waals surface area contributed by atoms with Gasteiger partial charge in [-0.25, -0.2) is 4.99 Å². The normalized spacial score (nSPS) is 20.2. The highest BCUT2D eigenvalue weighted by atomic mass is 16.5. The van der Waals surface area contributed by atoms with Crippen molar-refractivity contribution in [3.8, 4) is 0 Å². The molecule has 0 atom stereocenters. The van der Waals surface area contributed by atoms with E-state index in [0.29, 0.717) is 31.0 Å². The molecule has 1 aromatic rings. The molecule has 30 heavy (non-hydrogen) atoms. The Morgan fingerprint density at radius 1 is 1.20 bits per heavy atom. The Bertz CT molecular complexity index is 863. The van der Waals surface area contributed by atoms with Crippen LogP contribution in [0, 0.1) is 0 Å². The first-order valence-corrected chi connectivity index (χ1v) is 10.3. The molecule has 1 fully saturated rings. The number of hydrogen-bond donors (Lipinski definition) is 1. The van der Waals surface area contributed by atoms with Crippen molar-refractivity contribution < 1.29 is 14.3 Å². The Balaban J connectivity index is 1.79. The van der Waals surface area contributed by atoms with Crippen LogP contribution >= 0.6 is 0 Å². The molecule has 0 aromatic heterocycles. The highest BCUT2D eigenvalue weighted by Crippen LogP contribution is 2.31. The van der Waals surface area contributed by atoms with E-state index >= 15 is 0 Å². The molecular formula is C23H32N4O3. The number of methoxy groups -OCH3 is 1. The number of amides is 1. The first-order chi connectivity index (χ1) is 14.4. The lowest BCUT2D eigenvalue weighted by Gasteiger charge is -2.30. The summed E-state index contributed by atoms with van der Waals surface area (Å²) in [5, 5.41) is 2.99. The summed E-state index contributed by atoms with van der Waals surface area (Å²) < 4.78 is 11.0. The van der Waals surface area contributed by atoms with Crippen LogP contribution in [0.3, 0.4) is 0 Å². The summed E-state index contributed by atoms with van der Waals surface area (Å²) in [6.07, 6.45) is 0.543. The quantitative estimate of drug-likeness (QED) is 0.754. The molecule has 7 heteroatoms. The van der Waals surface area contributed by atoms with Crippen LogP contribution in [0.4, 0.5) is 0 Å². The van der Waals surface area contributed by atoms with Gasteiger partial charge in [0.1, 0.15) is 5.84 Å². The van der Waals surface area contributed by atoms with E-state index in [1.165, 1.54) is 5.56 Å². The van der Waals surface area contributed by atoms with E-state index < -0.39 is 0 Å². The summed E-state index contributed by atoms with van der Waals surface area (Å²) in [4.78, 5) is 21.9. The second-order valence-corrected chi connectivity index (χ2v) is 7.90. The SMILES string of the molecule is CO/C(C)=C1\CC(NC(=O)c2ccc(CN(C)C)cc2)=N\C1=C(\C)N1CCOCC1. The molecular weight excluding hydrogens is 380 g/mol. The third kappa shape index (κ3) is 5.29. The van der Waals surface area contributed by atoms with Gasteiger partial charge in [-0.2, -0.15) is 0 Å². The Labute approximate surface area is 179 Å². The number of allylic oxidation sites excluding steroid dienone is 3. The van der Waals surface area contributed by atoms with Gasteiger partial charge in [-0.05, 0) is 45.6 Å². The standard InChI is InChI=1S/C23H32N4O3/c1-16(27-10-12-30-13-11-27)22-20(17(2)29-5)14-21(24-22)25-23(28)19-8-6-18(7-9-19)15-26(3)4/h6-9H,10-15H2,1-5H3,(H,24,25,28)/b20-17+,22-16-. The van der Waals surface area contributed by atoms with E-state index in [-0.39, 0.29) is 5.91 Å². The van der Waals surface area contributed by atoms with Crippen molar-refractivity contribution in [1.82, 2.24) is 15.1 Å². The fourth-order valence-corrected chi connectivity index (χ4v) is 3.66. The van der Waals surface area contributed by atoms with Gasteiger partial charge in [0.15, 0.2) is 0 Å². The number of rotatable bonds is 5. The maximum atomic E-state index is 12.8. The number of carbonyl (C=O) groups excluding carboxylic acids is 1. The van der Waals surface area contributed by atoms with Gasteiger partial charge in [-0.1, -0.05) is 12.1 Å². The smallest absolute Gasteiger partial charge is 0.256 e. The second-order valence-electron chi connectivity index (χ2n) is 7.90. The molecule has 7 nitrogen and oxygen atoms in total. The van der Waals surface area contributed by atoms with Crippen LogP contribution in [0.25, 0.3) is 0 Å². The molecule has 1 saturated heterocycles. The van der Waals surface area contributed by atoms with Crippen LogP contribution in [-0.2, 0) is 16.0 Å². The summed E-state index contributed by atoms with van der Waals surface area (Å²) in [5.41, 5.74) is 4.77. The maximum absolute atomic E-state index is 12.8. The summed E-state index contributed by atoms with van der Waals surface area (Å²) in [7, 11) is 5.71. The monoisotopic (exact) mass is 412 g/mol. The van der Waals surface area contributed by atoms with Gasteiger partial charge in [0.05, 0.1) is 31.8 Å². The Hall–Kier alpha value is -2.64. The van der Waals surface area contributed by atoms with Crippen molar-refractivity contribution in [3.63, 3.8) is 0 Å². The van der Waals surface area contributed by atoms with Crippen molar-refractivity contribution in [3.05, 3.63) is 58.1 Å². The Morgan fingerprint density at radius 2 is 1.87 bits per heavy atom. The summed E-state index contributed by atoms with van der Waals surface area (Å²) >= 11 is 0. The molecule has 2 aliphatic heterocycles. The number of aliphatic imine (C=N–C) groups is 1. The molecule has 0 aliphatic carbocycles. The fourth-order valence-electron chi connectivity index (χ4n) is 3.66. The van der Waals surface area contributed by atoms with E-state index in [1.807, 2.05) is 45.3 Å². The number of hydrogen-bond acceptors (Lipinski definition) is 6. The third-order valence-corrected chi connectivity index (χ3v) is 5.41. The average molecular weight is 413 g/mol. The molecule has 0 radical (unpaired) electrons. The van der Waals surface area contributed by atoms with E-state index in [4.69, 9.17) is 14.5 Å². The molecule has 162 valence electrons. The van der Waals surface area contributed by atoms with Crippen LogP contribution in [-0.4, -0.2) is 69.1 Å². The molecule has 0 unspecified atom stereocenters. The predicted molar refractivity (Wildman–Crippen MR) is 118 cm³/mol. The van der Waals surface area contributed by atoms with Crippen molar-refractivity contribution in [2.24, 2.45) is 4.99 Å². The van der Waals surface area contributed by atoms with E-state index in [0.717, 1.165) is 42.4 Å². The van der Waals surface area contributed by atoms with E-state index in [9.17, 15) is 4.79 Å². The zero-order valence-electron chi connectivity index (χ0n) is 18.6. The van der Waals surface area contributed by atoms with Crippen LogP contribution in [0.15, 0.2) is 52.0 Å². The highest BCUT2D eigenvalue weighted by Gasteiger charge is 2.26. The summed E-state index contributed by atoms with van der Waals surface area (Å²) in [6, 6.07) is 7.69. The Morgan fingerprint density at radius 3 is 2.47 bits per heavy atom. The van der Waals surface area contributed by atoms with Crippen molar-refractivity contribution in [2.45, 2.75) is 26.8 Å². The second kappa shape index (κ2) is 9.91. The number of carbonyl (C=O) groups is 1. The molecule has 1 N–H and O–H groups in total. The zero-order valence-corrected chi connectivity index (χ0v) is 18.6. The van der Waals surface area contributed by atoms with Gasteiger partial charge < -0.3 is 24.6 Å². The first-order valence-electron chi connectivity index (χ1n) is 10.3. The van der Waals surface area contributed by atoms with Crippen molar-refractivity contribution in [1.29, 1.82) is 0 Å². The largest absolute Gasteiger partial charge is 0.501 e. The number of ether oxygens (including phenoxy) is 2. The number of nitrogens with one attached hydrogen (secondary N) is 1.